The van der Waals surface area contributed by atoms with Crippen LogP contribution in [0.2, 0.25) is 0 Å². The Labute approximate surface area is 135 Å². The lowest BCUT2D eigenvalue weighted by Crippen LogP contribution is -2.62. The van der Waals surface area contributed by atoms with Gasteiger partial charge in [0.05, 0.1) is 13.2 Å². The van der Waals surface area contributed by atoms with Gasteiger partial charge in [-0.3, -0.25) is 4.90 Å². The summed E-state index contributed by atoms with van der Waals surface area (Å²) in [5, 5.41) is 21.0. The average molecular weight is 325 g/mol. The highest BCUT2D eigenvalue weighted by Gasteiger charge is 2.34. The number of amides is 2. The van der Waals surface area contributed by atoms with Gasteiger partial charge < -0.3 is 20.4 Å². The third kappa shape index (κ3) is 4.36. The van der Waals surface area contributed by atoms with Gasteiger partial charge in [-0.15, -0.1) is 11.8 Å². The molecule has 0 aliphatic carbocycles. The molecule has 0 bridgehead atoms. The van der Waals surface area contributed by atoms with Crippen molar-refractivity contribution in [1.29, 1.82) is 0 Å². The second-order valence-corrected chi connectivity index (χ2v) is 6.08. The Morgan fingerprint density at radius 3 is 2.64 bits per heavy atom. The Hall–Kier alpha value is -1.28. The number of anilines is 1. The van der Waals surface area contributed by atoms with Gasteiger partial charge in [-0.05, 0) is 24.5 Å². The molecular formula is C15H23N3O3S. The predicted molar refractivity (Wildman–Crippen MR) is 88.3 cm³/mol. The standard InChI is InChI=1S/C15H23N3O3S/c1-22-14-4-2-3-12(9-14)16-15(21)18-10-13(11-18)17(5-7-19)6-8-20/h2-4,9,13,19-20H,5-8,10-11H2,1H3,(H,16,21). The van der Waals surface area contributed by atoms with Crippen LogP contribution in [0.25, 0.3) is 0 Å². The summed E-state index contributed by atoms with van der Waals surface area (Å²) in [6, 6.07) is 7.85. The van der Waals surface area contributed by atoms with Crippen LogP contribution in [0, 0.1) is 0 Å². The minimum Gasteiger partial charge on any atom is -0.395 e. The van der Waals surface area contributed by atoms with Crippen molar-refractivity contribution in [3.05, 3.63) is 24.3 Å². The molecule has 7 heteroatoms. The maximum atomic E-state index is 12.2. The van der Waals surface area contributed by atoms with Gasteiger partial charge in [0, 0.05) is 42.8 Å². The van der Waals surface area contributed by atoms with E-state index in [9.17, 15) is 4.79 Å². The first-order valence-corrected chi connectivity index (χ1v) is 8.56. The maximum absolute atomic E-state index is 12.2. The van der Waals surface area contributed by atoms with E-state index in [4.69, 9.17) is 10.2 Å². The minimum absolute atomic E-state index is 0.0597. The Morgan fingerprint density at radius 1 is 1.36 bits per heavy atom. The van der Waals surface area contributed by atoms with Crippen LogP contribution in [-0.2, 0) is 0 Å². The largest absolute Gasteiger partial charge is 0.395 e. The summed E-state index contributed by atoms with van der Waals surface area (Å²) in [6.07, 6.45) is 2.00. The number of carbonyl (C=O) groups is 1. The number of carbonyl (C=O) groups excluding carboxylic acids is 1. The van der Waals surface area contributed by atoms with Gasteiger partial charge in [0.2, 0.25) is 0 Å². The van der Waals surface area contributed by atoms with Crippen molar-refractivity contribution in [1.82, 2.24) is 9.80 Å². The fraction of sp³-hybridized carbons (Fsp3) is 0.533. The molecule has 1 aromatic carbocycles. The summed E-state index contributed by atoms with van der Waals surface area (Å²) >= 11 is 1.63. The molecule has 0 spiro atoms. The van der Waals surface area contributed by atoms with Crippen molar-refractivity contribution in [2.75, 3.05) is 51.0 Å². The van der Waals surface area contributed by atoms with Crippen LogP contribution in [0.1, 0.15) is 0 Å². The fourth-order valence-corrected chi connectivity index (χ4v) is 2.95. The average Bonchev–Trinajstić information content (AvgIpc) is 2.46. The number of nitrogens with zero attached hydrogens (tertiary/aromatic N) is 2. The quantitative estimate of drug-likeness (QED) is 0.650. The second kappa shape index (κ2) is 8.38. The van der Waals surface area contributed by atoms with E-state index in [0.717, 1.165) is 10.6 Å². The summed E-state index contributed by atoms with van der Waals surface area (Å²) in [4.78, 5) is 17.0. The molecule has 0 aromatic heterocycles. The van der Waals surface area contributed by atoms with E-state index in [2.05, 4.69) is 5.32 Å². The zero-order valence-corrected chi connectivity index (χ0v) is 13.6. The zero-order chi connectivity index (χ0) is 15.9. The van der Waals surface area contributed by atoms with Crippen molar-refractivity contribution in [3.8, 4) is 0 Å². The molecule has 0 saturated carbocycles. The van der Waals surface area contributed by atoms with Crippen LogP contribution in [0.5, 0.6) is 0 Å². The molecule has 1 saturated heterocycles. The van der Waals surface area contributed by atoms with Crippen LogP contribution >= 0.6 is 11.8 Å². The Bertz CT molecular complexity index is 489. The highest BCUT2D eigenvalue weighted by atomic mass is 32.2. The molecule has 1 aromatic rings. The molecule has 3 N–H and O–H groups in total. The summed E-state index contributed by atoms with van der Waals surface area (Å²) in [5.74, 6) is 0. The highest BCUT2D eigenvalue weighted by Crippen LogP contribution is 2.21. The fourth-order valence-electron chi connectivity index (χ4n) is 2.49. The number of nitrogens with one attached hydrogen (secondary N) is 1. The summed E-state index contributed by atoms with van der Waals surface area (Å²) in [5.41, 5.74) is 0.794. The SMILES string of the molecule is CSc1cccc(NC(=O)N2CC(N(CCO)CCO)C2)c1. The lowest BCUT2D eigenvalue weighted by atomic mass is 10.1. The van der Waals surface area contributed by atoms with E-state index in [1.54, 1.807) is 16.7 Å². The van der Waals surface area contributed by atoms with E-state index in [1.807, 2.05) is 35.4 Å². The first-order chi connectivity index (χ1) is 10.7. The highest BCUT2D eigenvalue weighted by molar-refractivity contribution is 7.98. The van der Waals surface area contributed by atoms with Crippen molar-refractivity contribution in [2.24, 2.45) is 0 Å². The smallest absolute Gasteiger partial charge is 0.321 e. The van der Waals surface area contributed by atoms with Crippen molar-refractivity contribution in [3.63, 3.8) is 0 Å². The summed E-state index contributed by atoms with van der Waals surface area (Å²) < 4.78 is 0. The number of aliphatic hydroxyl groups is 2. The first kappa shape index (κ1) is 17.1. The number of rotatable bonds is 7. The molecule has 6 nitrogen and oxygen atoms in total. The first-order valence-electron chi connectivity index (χ1n) is 7.33. The third-order valence-corrected chi connectivity index (χ3v) is 4.49. The molecule has 0 atom stereocenters. The number of aliphatic hydroxyl groups excluding tert-OH is 2. The second-order valence-electron chi connectivity index (χ2n) is 5.20. The van der Waals surface area contributed by atoms with Crippen molar-refractivity contribution in [2.45, 2.75) is 10.9 Å². The molecule has 0 radical (unpaired) electrons. The summed E-state index contributed by atoms with van der Waals surface area (Å²) in [6.45, 7) is 2.41. The van der Waals surface area contributed by atoms with E-state index in [0.29, 0.717) is 26.2 Å². The lowest BCUT2D eigenvalue weighted by molar-refractivity contribution is 0.0393. The molecule has 22 heavy (non-hydrogen) atoms. The normalized spacial score (nSPS) is 15.0. The number of thioether (sulfide) groups is 1. The predicted octanol–water partition coefficient (Wildman–Crippen LogP) is 0.911. The number of hydrogen-bond donors (Lipinski definition) is 3. The van der Waals surface area contributed by atoms with Gasteiger partial charge >= 0.3 is 6.03 Å². The molecule has 1 aliphatic heterocycles. The molecular weight excluding hydrogens is 302 g/mol. The van der Waals surface area contributed by atoms with Gasteiger partial charge in [-0.1, -0.05) is 6.07 Å². The van der Waals surface area contributed by atoms with E-state index in [-0.39, 0.29) is 25.3 Å². The van der Waals surface area contributed by atoms with Gasteiger partial charge in [0.15, 0.2) is 0 Å². The Kier molecular flexibility index (Phi) is 6.50. The van der Waals surface area contributed by atoms with Crippen molar-refractivity contribution >= 4 is 23.5 Å². The van der Waals surface area contributed by atoms with Crippen molar-refractivity contribution < 1.29 is 15.0 Å². The molecule has 1 heterocycles. The Morgan fingerprint density at radius 2 is 2.05 bits per heavy atom. The number of likely N-dealkylation sites (tertiary alicyclic amines) is 1. The molecule has 0 unspecified atom stereocenters. The van der Waals surface area contributed by atoms with Crippen LogP contribution in [-0.4, -0.2) is 77.7 Å². The van der Waals surface area contributed by atoms with Gasteiger partial charge in [0.25, 0.3) is 0 Å². The maximum Gasteiger partial charge on any atom is 0.321 e. The molecule has 122 valence electrons. The molecule has 1 aliphatic rings. The van der Waals surface area contributed by atoms with Gasteiger partial charge in [0.1, 0.15) is 0 Å². The zero-order valence-electron chi connectivity index (χ0n) is 12.7. The molecule has 2 amide bonds. The van der Waals surface area contributed by atoms with Crippen LogP contribution in [0.3, 0.4) is 0 Å². The molecule has 2 rings (SSSR count). The van der Waals surface area contributed by atoms with Crippen LogP contribution in [0.4, 0.5) is 10.5 Å². The van der Waals surface area contributed by atoms with Crippen LogP contribution in [0.15, 0.2) is 29.2 Å². The number of urea groups is 1. The third-order valence-electron chi connectivity index (χ3n) is 3.76. The lowest BCUT2D eigenvalue weighted by Gasteiger charge is -2.45. The van der Waals surface area contributed by atoms with E-state index >= 15 is 0 Å². The Balaban J connectivity index is 1.83. The molecule has 1 fully saturated rings. The topological polar surface area (TPSA) is 76.0 Å². The monoisotopic (exact) mass is 325 g/mol. The van der Waals surface area contributed by atoms with E-state index < -0.39 is 0 Å². The number of benzene rings is 1. The van der Waals surface area contributed by atoms with Crippen LogP contribution < -0.4 is 5.32 Å². The van der Waals surface area contributed by atoms with Gasteiger partial charge in [-0.25, -0.2) is 4.79 Å². The summed E-state index contributed by atoms with van der Waals surface area (Å²) in [7, 11) is 0. The van der Waals surface area contributed by atoms with E-state index in [1.165, 1.54) is 0 Å². The minimum atomic E-state index is -0.109. The van der Waals surface area contributed by atoms with Gasteiger partial charge in [-0.2, -0.15) is 0 Å². The number of hydrogen-bond acceptors (Lipinski definition) is 5.